The number of fused-ring (bicyclic) bond motifs is 1. The summed E-state index contributed by atoms with van der Waals surface area (Å²) >= 11 is 0. The zero-order valence-corrected chi connectivity index (χ0v) is 20.6. The van der Waals surface area contributed by atoms with Crippen LogP contribution in [-0.2, 0) is 9.53 Å². The number of nitrogens with zero attached hydrogens (tertiary/aromatic N) is 3. The van der Waals surface area contributed by atoms with E-state index < -0.39 is 12.6 Å². The maximum absolute atomic E-state index is 13.2. The fourth-order valence-electron chi connectivity index (χ4n) is 4.22. The molecule has 8 nitrogen and oxygen atoms in total. The van der Waals surface area contributed by atoms with Crippen LogP contribution in [0.2, 0.25) is 0 Å². The second kappa shape index (κ2) is 10.5. The number of furan rings is 2. The highest BCUT2D eigenvalue weighted by atomic mass is 16.5. The van der Waals surface area contributed by atoms with Crippen LogP contribution < -0.4 is 4.90 Å². The summed E-state index contributed by atoms with van der Waals surface area (Å²) < 4.78 is 16.6. The first-order chi connectivity index (χ1) is 19.2. The summed E-state index contributed by atoms with van der Waals surface area (Å²) in [6.45, 7) is -0.443. The Labute approximate surface area is 223 Å². The number of carbonyl (C=O) groups is 2. The van der Waals surface area contributed by atoms with Gasteiger partial charge >= 0.3 is 5.97 Å². The van der Waals surface area contributed by atoms with E-state index in [0.29, 0.717) is 45.3 Å². The number of para-hydroxylation sites is 2. The number of rotatable bonds is 7. The standard InChI is InChI=1S/C31H21N3O5/c35-28(34(22-9-3-1-4-10-22)23-11-5-2-6-12-23)20-39-31(36)21-15-16-24-25(19-21)33-30(27-14-8-18-38-27)29(32-24)26-13-7-17-37-26/h1-19H,20H2. The fourth-order valence-corrected chi connectivity index (χ4v) is 4.22. The van der Waals surface area contributed by atoms with Crippen molar-refractivity contribution in [3.05, 3.63) is 121 Å². The number of benzene rings is 3. The summed E-state index contributed by atoms with van der Waals surface area (Å²) in [7, 11) is 0. The molecule has 0 spiro atoms. The Morgan fingerprint density at radius 2 is 1.23 bits per heavy atom. The molecule has 0 bridgehead atoms. The number of anilines is 2. The van der Waals surface area contributed by atoms with Crippen molar-refractivity contribution in [1.29, 1.82) is 0 Å². The van der Waals surface area contributed by atoms with E-state index in [1.54, 1.807) is 55.0 Å². The maximum atomic E-state index is 13.2. The minimum absolute atomic E-state index is 0.242. The lowest BCUT2D eigenvalue weighted by Crippen LogP contribution is -2.30. The summed E-state index contributed by atoms with van der Waals surface area (Å²) in [5, 5.41) is 0. The van der Waals surface area contributed by atoms with E-state index in [9.17, 15) is 9.59 Å². The van der Waals surface area contributed by atoms with Crippen LogP contribution in [0.5, 0.6) is 0 Å². The van der Waals surface area contributed by atoms with Gasteiger partial charge < -0.3 is 13.6 Å². The normalized spacial score (nSPS) is 10.9. The molecule has 190 valence electrons. The highest BCUT2D eigenvalue weighted by Gasteiger charge is 2.21. The first-order valence-electron chi connectivity index (χ1n) is 12.2. The highest BCUT2D eigenvalue weighted by Crippen LogP contribution is 2.32. The zero-order chi connectivity index (χ0) is 26.6. The van der Waals surface area contributed by atoms with Crippen molar-refractivity contribution in [2.24, 2.45) is 0 Å². The van der Waals surface area contributed by atoms with Crippen molar-refractivity contribution >= 4 is 34.3 Å². The van der Waals surface area contributed by atoms with Gasteiger partial charge in [-0.1, -0.05) is 36.4 Å². The molecule has 8 heteroatoms. The number of hydrogen-bond donors (Lipinski definition) is 0. The molecule has 6 aromatic rings. The maximum Gasteiger partial charge on any atom is 0.338 e. The molecule has 3 aromatic carbocycles. The van der Waals surface area contributed by atoms with E-state index in [0.717, 1.165) is 0 Å². The van der Waals surface area contributed by atoms with E-state index in [1.165, 1.54) is 4.90 Å². The second-order valence-electron chi connectivity index (χ2n) is 8.56. The SMILES string of the molecule is O=C(OCC(=O)N(c1ccccc1)c1ccccc1)c1ccc2nc(-c3ccco3)c(-c3ccco3)nc2c1. The van der Waals surface area contributed by atoms with Crippen LogP contribution in [0.1, 0.15) is 10.4 Å². The largest absolute Gasteiger partial charge is 0.463 e. The lowest BCUT2D eigenvalue weighted by atomic mass is 10.1. The fraction of sp³-hybridized carbons (Fsp3) is 0.0323. The predicted molar refractivity (Wildman–Crippen MR) is 145 cm³/mol. The molecule has 0 N–H and O–H groups in total. The Bertz CT molecular complexity index is 1690. The van der Waals surface area contributed by atoms with Crippen LogP contribution in [0.25, 0.3) is 33.9 Å². The minimum Gasteiger partial charge on any atom is -0.463 e. The third-order valence-electron chi connectivity index (χ3n) is 6.01. The predicted octanol–water partition coefficient (Wildman–Crippen LogP) is 6.67. The average Bonchev–Trinajstić information content (AvgIpc) is 3.72. The molecule has 0 radical (unpaired) electrons. The third-order valence-corrected chi connectivity index (χ3v) is 6.01. The molecule has 3 aromatic heterocycles. The van der Waals surface area contributed by atoms with Crippen LogP contribution in [0, 0.1) is 0 Å². The van der Waals surface area contributed by atoms with Crippen molar-refractivity contribution in [2.75, 3.05) is 11.5 Å². The van der Waals surface area contributed by atoms with Gasteiger partial charge in [-0.2, -0.15) is 0 Å². The third kappa shape index (κ3) is 4.91. The second-order valence-corrected chi connectivity index (χ2v) is 8.56. The first-order valence-corrected chi connectivity index (χ1v) is 12.2. The zero-order valence-electron chi connectivity index (χ0n) is 20.6. The Hall–Kier alpha value is -5.50. The molecular weight excluding hydrogens is 494 g/mol. The summed E-state index contributed by atoms with van der Waals surface area (Å²) in [5.41, 5.74) is 3.60. The molecule has 0 saturated heterocycles. The van der Waals surface area contributed by atoms with E-state index in [4.69, 9.17) is 23.5 Å². The van der Waals surface area contributed by atoms with Gasteiger partial charge in [0.2, 0.25) is 0 Å². The molecule has 0 fully saturated rings. The molecule has 0 saturated carbocycles. The molecule has 0 aliphatic heterocycles. The Morgan fingerprint density at radius 3 is 1.77 bits per heavy atom. The van der Waals surface area contributed by atoms with Crippen molar-refractivity contribution in [3.63, 3.8) is 0 Å². The summed E-state index contributed by atoms with van der Waals surface area (Å²) in [6.07, 6.45) is 3.11. The molecule has 1 amide bonds. The number of amides is 1. The van der Waals surface area contributed by atoms with Gasteiger partial charge in [0.05, 0.1) is 29.1 Å². The van der Waals surface area contributed by atoms with Gasteiger partial charge in [0.1, 0.15) is 11.4 Å². The number of hydrogen-bond acceptors (Lipinski definition) is 7. The average molecular weight is 516 g/mol. The van der Waals surface area contributed by atoms with Crippen molar-refractivity contribution in [1.82, 2.24) is 9.97 Å². The monoisotopic (exact) mass is 515 g/mol. The minimum atomic E-state index is -0.650. The molecule has 0 unspecified atom stereocenters. The Morgan fingerprint density at radius 1 is 0.667 bits per heavy atom. The van der Waals surface area contributed by atoms with E-state index in [2.05, 4.69) is 0 Å². The Kier molecular flexibility index (Phi) is 6.41. The van der Waals surface area contributed by atoms with Gasteiger partial charge in [-0.05, 0) is 66.7 Å². The lowest BCUT2D eigenvalue weighted by molar-refractivity contribution is -0.120. The summed E-state index contributed by atoms with van der Waals surface area (Å²) in [4.78, 5) is 37.2. The van der Waals surface area contributed by atoms with E-state index in [1.807, 2.05) is 60.7 Å². The molecule has 39 heavy (non-hydrogen) atoms. The van der Waals surface area contributed by atoms with Gasteiger partial charge in [-0.3, -0.25) is 9.69 Å². The van der Waals surface area contributed by atoms with Gasteiger partial charge in [0.25, 0.3) is 5.91 Å². The molecular formula is C31H21N3O5. The number of carbonyl (C=O) groups excluding carboxylic acids is 2. The number of esters is 1. The number of ether oxygens (including phenoxy) is 1. The lowest BCUT2D eigenvalue weighted by Gasteiger charge is -2.22. The Balaban J connectivity index is 1.26. The van der Waals surface area contributed by atoms with Gasteiger partial charge in [0.15, 0.2) is 18.1 Å². The summed E-state index contributed by atoms with van der Waals surface area (Å²) in [6, 6.07) is 30.3. The summed E-state index contributed by atoms with van der Waals surface area (Å²) in [5.74, 6) is 0.0165. The van der Waals surface area contributed by atoms with Crippen LogP contribution in [0.3, 0.4) is 0 Å². The molecule has 6 rings (SSSR count). The molecule has 0 aliphatic rings. The van der Waals surface area contributed by atoms with Gasteiger partial charge in [-0.25, -0.2) is 14.8 Å². The number of aromatic nitrogens is 2. The van der Waals surface area contributed by atoms with Crippen LogP contribution >= 0.6 is 0 Å². The smallest absolute Gasteiger partial charge is 0.338 e. The van der Waals surface area contributed by atoms with E-state index >= 15 is 0 Å². The van der Waals surface area contributed by atoms with Crippen molar-refractivity contribution in [2.45, 2.75) is 0 Å². The van der Waals surface area contributed by atoms with Crippen LogP contribution in [0.15, 0.2) is 124 Å². The van der Waals surface area contributed by atoms with E-state index in [-0.39, 0.29) is 11.5 Å². The van der Waals surface area contributed by atoms with Crippen LogP contribution in [0.4, 0.5) is 11.4 Å². The quantitative estimate of drug-likeness (QED) is 0.219. The topological polar surface area (TPSA) is 98.7 Å². The van der Waals surface area contributed by atoms with Gasteiger partial charge in [-0.15, -0.1) is 0 Å². The molecule has 3 heterocycles. The van der Waals surface area contributed by atoms with Crippen molar-refractivity contribution in [3.8, 4) is 22.9 Å². The van der Waals surface area contributed by atoms with Gasteiger partial charge in [0, 0.05) is 11.4 Å². The molecule has 0 aliphatic carbocycles. The van der Waals surface area contributed by atoms with Crippen LogP contribution in [-0.4, -0.2) is 28.5 Å². The highest BCUT2D eigenvalue weighted by molar-refractivity contribution is 6.03. The molecule has 0 atom stereocenters. The first kappa shape index (κ1) is 23.9. The van der Waals surface area contributed by atoms with Crippen molar-refractivity contribution < 1.29 is 23.2 Å².